The second-order valence-corrected chi connectivity index (χ2v) is 4.18. The van der Waals surface area contributed by atoms with Crippen LogP contribution in [0, 0.1) is 0 Å². The van der Waals surface area contributed by atoms with E-state index in [1.807, 2.05) is 13.0 Å². The molecule has 1 N–H and O–H groups in total. The Hall–Kier alpha value is -1.76. The first-order valence-electron chi connectivity index (χ1n) is 5.83. The first-order valence-corrected chi connectivity index (χ1v) is 5.83. The van der Waals surface area contributed by atoms with Gasteiger partial charge in [-0.15, -0.1) is 0 Å². The van der Waals surface area contributed by atoms with Gasteiger partial charge in [-0.2, -0.15) is 18.3 Å². The molecule has 0 saturated heterocycles. The van der Waals surface area contributed by atoms with E-state index in [0.717, 1.165) is 18.2 Å². The lowest BCUT2D eigenvalue weighted by Crippen LogP contribution is -2.23. The van der Waals surface area contributed by atoms with E-state index in [4.69, 9.17) is 4.42 Å². The molecule has 1 unspecified atom stereocenters. The van der Waals surface area contributed by atoms with E-state index in [1.54, 1.807) is 12.3 Å². The lowest BCUT2D eigenvalue weighted by molar-refractivity contribution is -0.137. The number of halogens is 3. The minimum Gasteiger partial charge on any atom is -0.468 e. The van der Waals surface area contributed by atoms with Crippen LogP contribution in [-0.4, -0.2) is 16.3 Å². The van der Waals surface area contributed by atoms with E-state index >= 15 is 0 Å². The van der Waals surface area contributed by atoms with Crippen molar-refractivity contribution in [1.82, 2.24) is 15.1 Å². The highest BCUT2D eigenvalue weighted by molar-refractivity contribution is 5.08. The summed E-state index contributed by atoms with van der Waals surface area (Å²) in [5.74, 6) is 0.788. The molecular formula is C12H14F3N3O. The number of furan rings is 1. The fraction of sp³-hybridized carbons (Fsp3) is 0.417. The van der Waals surface area contributed by atoms with E-state index in [0.29, 0.717) is 13.1 Å². The Kier molecular flexibility index (Phi) is 3.94. The van der Waals surface area contributed by atoms with Crippen molar-refractivity contribution < 1.29 is 17.6 Å². The average Bonchev–Trinajstić information content (AvgIpc) is 2.99. The van der Waals surface area contributed by atoms with Gasteiger partial charge in [-0.25, -0.2) is 0 Å². The Morgan fingerprint density at radius 2 is 2.26 bits per heavy atom. The number of hydrogen-bond donors (Lipinski definition) is 1. The number of aromatic nitrogens is 2. The molecule has 0 aliphatic rings. The molecule has 0 aromatic carbocycles. The third-order valence-electron chi connectivity index (χ3n) is 2.72. The molecule has 0 spiro atoms. The summed E-state index contributed by atoms with van der Waals surface area (Å²) in [6.07, 6.45) is -0.932. The van der Waals surface area contributed by atoms with Gasteiger partial charge in [0.2, 0.25) is 0 Å². The van der Waals surface area contributed by atoms with E-state index < -0.39 is 11.7 Å². The molecule has 0 amide bonds. The molecule has 4 nitrogen and oxygen atoms in total. The van der Waals surface area contributed by atoms with Crippen LogP contribution in [0.2, 0.25) is 0 Å². The maximum Gasteiger partial charge on any atom is 0.419 e. The third-order valence-corrected chi connectivity index (χ3v) is 2.72. The second kappa shape index (κ2) is 5.48. The summed E-state index contributed by atoms with van der Waals surface area (Å²) in [6.45, 7) is 2.78. The Bertz CT molecular complexity index is 505. The molecule has 2 rings (SSSR count). The molecule has 104 valence electrons. The smallest absolute Gasteiger partial charge is 0.419 e. The summed E-state index contributed by atoms with van der Waals surface area (Å²) in [7, 11) is 0. The zero-order chi connectivity index (χ0) is 13.9. The highest BCUT2D eigenvalue weighted by Crippen LogP contribution is 2.28. The molecule has 2 aromatic heterocycles. The summed E-state index contributed by atoms with van der Waals surface area (Å²) in [4.78, 5) is 0. The maximum atomic E-state index is 12.4. The molecule has 19 heavy (non-hydrogen) atoms. The van der Waals surface area contributed by atoms with Crippen LogP contribution >= 0.6 is 0 Å². The number of nitrogens with one attached hydrogen (secondary N) is 1. The molecule has 7 heteroatoms. The molecule has 0 radical (unpaired) electrons. The van der Waals surface area contributed by atoms with Crippen LogP contribution in [0.15, 0.2) is 35.2 Å². The van der Waals surface area contributed by atoms with Crippen molar-refractivity contribution in [2.24, 2.45) is 0 Å². The molecule has 2 heterocycles. The topological polar surface area (TPSA) is 43.0 Å². The van der Waals surface area contributed by atoms with Crippen molar-refractivity contribution in [2.45, 2.75) is 25.7 Å². The van der Waals surface area contributed by atoms with Crippen molar-refractivity contribution in [1.29, 1.82) is 0 Å². The standard InChI is InChI=1S/C12H14F3N3O/c1-9(11-3-2-6-19-11)16-4-5-18-8-10(7-17-18)12(13,14)15/h2-3,6-9,16H,4-5H2,1H3. The normalized spacial score (nSPS) is 13.7. The molecule has 0 aliphatic heterocycles. The van der Waals surface area contributed by atoms with E-state index in [9.17, 15) is 13.2 Å². The van der Waals surface area contributed by atoms with Gasteiger partial charge in [0, 0.05) is 12.7 Å². The van der Waals surface area contributed by atoms with Gasteiger partial charge in [-0.05, 0) is 19.1 Å². The van der Waals surface area contributed by atoms with Crippen LogP contribution in [0.1, 0.15) is 24.3 Å². The summed E-state index contributed by atoms with van der Waals surface area (Å²) in [5, 5.41) is 6.82. The highest BCUT2D eigenvalue weighted by Gasteiger charge is 2.32. The van der Waals surface area contributed by atoms with Gasteiger partial charge < -0.3 is 9.73 Å². The number of rotatable bonds is 5. The molecule has 0 aliphatic carbocycles. The van der Waals surface area contributed by atoms with Gasteiger partial charge in [-0.1, -0.05) is 0 Å². The molecule has 0 fully saturated rings. The highest BCUT2D eigenvalue weighted by atomic mass is 19.4. The Morgan fingerprint density at radius 1 is 1.47 bits per heavy atom. The third kappa shape index (κ3) is 3.60. The Morgan fingerprint density at radius 3 is 2.84 bits per heavy atom. The zero-order valence-electron chi connectivity index (χ0n) is 10.3. The average molecular weight is 273 g/mol. The zero-order valence-corrected chi connectivity index (χ0v) is 10.3. The van der Waals surface area contributed by atoms with Crippen LogP contribution in [0.4, 0.5) is 13.2 Å². The summed E-state index contributed by atoms with van der Waals surface area (Å²) >= 11 is 0. The first kappa shape index (κ1) is 13.7. The quantitative estimate of drug-likeness (QED) is 0.911. The molecular weight excluding hydrogens is 259 g/mol. The predicted molar refractivity (Wildman–Crippen MR) is 62.4 cm³/mol. The van der Waals surface area contributed by atoms with Crippen LogP contribution in [0.25, 0.3) is 0 Å². The summed E-state index contributed by atoms with van der Waals surface area (Å²) in [5.41, 5.74) is -0.730. The largest absolute Gasteiger partial charge is 0.468 e. The van der Waals surface area contributed by atoms with Gasteiger partial charge in [0.15, 0.2) is 0 Å². The lowest BCUT2D eigenvalue weighted by atomic mass is 10.2. The van der Waals surface area contributed by atoms with Crippen LogP contribution in [0.5, 0.6) is 0 Å². The minimum atomic E-state index is -4.34. The van der Waals surface area contributed by atoms with Gasteiger partial charge in [0.05, 0.1) is 30.6 Å². The van der Waals surface area contributed by atoms with E-state index in [2.05, 4.69) is 10.4 Å². The van der Waals surface area contributed by atoms with Crippen molar-refractivity contribution in [3.63, 3.8) is 0 Å². The number of hydrogen-bond acceptors (Lipinski definition) is 3. The maximum absolute atomic E-state index is 12.4. The molecule has 2 aromatic rings. The van der Waals surface area contributed by atoms with E-state index in [1.165, 1.54) is 4.68 Å². The van der Waals surface area contributed by atoms with Gasteiger partial charge in [-0.3, -0.25) is 4.68 Å². The Labute approximate surface area is 108 Å². The van der Waals surface area contributed by atoms with Crippen molar-refractivity contribution in [3.8, 4) is 0 Å². The fourth-order valence-corrected chi connectivity index (χ4v) is 1.67. The fourth-order valence-electron chi connectivity index (χ4n) is 1.67. The summed E-state index contributed by atoms with van der Waals surface area (Å²) in [6, 6.07) is 3.64. The second-order valence-electron chi connectivity index (χ2n) is 4.18. The van der Waals surface area contributed by atoms with Gasteiger partial charge in [0.1, 0.15) is 5.76 Å². The lowest BCUT2D eigenvalue weighted by Gasteiger charge is -2.11. The summed E-state index contributed by atoms with van der Waals surface area (Å²) < 4.78 is 43.5. The number of nitrogens with zero attached hydrogens (tertiary/aromatic N) is 2. The monoisotopic (exact) mass is 273 g/mol. The first-order chi connectivity index (χ1) is 8.97. The number of alkyl halides is 3. The SMILES string of the molecule is CC(NCCn1cc(C(F)(F)F)cn1)c1ccco1. The van der Waals surface area contributed by atoms with Gasteiger partial charge >= 0.3 is 6.18 Å². The van der Waals surface area contributed by atoms with Crippen LogP contribution in [0.3, 0.4) is 0 Å². The van der Waals surface area contributed by atoms with Crippen molar-refractivity contribution >= 4 is 0 Å². The molecule has 1 atom stereocenters. The van der Waals surface area contributed by atoms with E-state index in [-0.39, 0.29) is 6.04 Å². The molecule has 0 saturated carbocycles. The van der Waals surface area contributed by atoms with Crippen LogP contribution < -0.4 is 5.32 Å². The van der Waals surface area contributed by atoms with Crippen LogP contribution in [-0.2, 0) is 12.7 Å². The van der Waals surface area contributed by atoms with Crippen molar-refractivity contribution in [2.75, 3.05) is 6.54 Å². The minimum absolute atomic E-state index is 0.00708. The van der Waals surface area contributed by atoms with Gasteiger partial charge in [0.25, 0.3) is 0 Å². The predicted octanol–water partition coefficient (Wildman–Crippen LogP) is 2.85. The Balaban J connectivity index is 1.81. The molecule has 0 bridgehead atoms. The van der Waals surface area contributed by atoms with Crippen molar-refractivity contribution in [3.05, 3.63) is 42.1 Å².